The van der Waals surface area contributed by atoms with Crippen LogP contribution in [0.15, 0.2) is 53.4 Å². The predicted molar refractivity (Wildman–Crippen MR) is 124 cm³/mol. The van der Waals surface area contributed by atoms with Crippen molar-refractivity contribution in [2.24, 2.45) is 0 Å². The van der Waals surface area contributed by atoms with Crippen LogP contribution < -0.4 is 5.32 Å². The van der Waals surface area contributed by atoms with Gasteiger partial charge in [0.1, 0.15) is 5.82 Å². The zero-order valence-electron chi connectivity index (χ0n) is 16.9. The van der Waals surface area contributed by atoms with Crippen molar-refractivity contribution in [1.29, 1.82) is 0 Å². The lowest BCUT2D eigenvalue weighted by atomic mass is 10.2. The molecule has 7 heteroatoms. The van der Waals surface area contributed by atoms with E-state index in [1.54, 1.807) is 23.1 Å². The number of thiazole rings is 1. The Morgan fingerprint density at radius 3 is 2.87 bits per heavy atom. The zero-order chi connectivity index (χ0) is 20.7. The molecule has 0 saturated heterocycles. The minimum atomic E-state index is -0.113. The molecule has 0 fully saturated rings. The minimum Gasteiger partial charge on any atom is -0.306 e. The van der Waals surface area contributed by atoms with E-state index in [-0.39, 0.29) is 5.91 Å². The number of benzene rings is 2. The third-order valence-electron chi connectivity index (χ3n) is 5.07. The first-order chi connectivity index (χ1) is 14.6. The Morgan fingerprint density at radius 1 is 1.17 bits per heavy atom. The number of rotatable bonds is 5. The van der Waals surface area contributed by atoms with Gasteiger partial charge in [0.25, 0.3) is 5.91 Å². The minimum absolute atomic E-state index is 0.113. The van der Waals surface area contributed by atoms with Crippen LogP contribution in [0.2, 0.25) is 0 Å². The number of aryl methyl sites for hydroxylation is 1. The second kappa shape index (κ2) is 7.89. The average Bonchev–Trinajstić information content (AvgIpc) is 3.42. The van der Waals surface area contributed by atoms with Gasteiger partial charge in [0.2, 0.25) is 5.13 Å². The summed E-state index contributed by atoms with van der Waals surface area (Å²) < 4.78 is 2.93. The van der Waals surface area contributed by atoms with Gasteiger partial charge in [0.15, 0.2) is 0 Å². The highest BCUT2D eigenvalue weighted by Crippen LogP contribution is 2.34. The Morgan fingerprint density at radius 2 is 2.03 bits per heavy atom. The molecule has 1 aliphatic carbocycles. The molecular formula is C23H22N4OS2. The van der Waals surface area contributed by atoms with Crippen LogP contribution in [0.25, 0.3) is 15.3 Å². The van der Waals surface area contributed by atoms with E-state index in [4.69, 9.17) is 10.1 Å². The monoisotopic (exact) mass is 434 g/mol. The van der Waals surface area contributed by atoms with E-state index in [0.717, 1.165) is 56.6 Å². The molecule has 1 amide bonds. The van der Waals surface area contributed by atoms with Crippen molar-refractivity contribution in [3.05, 3.63) is 65.4 Å². The number of amides is 1. The van der Waals surface area contributed by atoms with Crippen LogP contribution in [0, 0.1) is 0 Å². The number of hydrogen-bond acceptors (Lipinski definition) is 5. The summed E-state index contributed by atoms with van der Waals surface area (Å²) in [6.45, 7) is 4.30. The molecule has 0 aliphatic heterocycles. The third-order valence-corrected chi connectivity index (χ3v) is 7.08. The van der Waals surface area contributed by atoms with E-state index in [9.17, 15) is 4.79 Å². The average molecular weight is 435 g/mol. The molecule has 4 aromatic rings. The summed E-state index contributed by atoms with van der Waals surface area (Å²) in [5.74, 6) is 0.645. The van der Waals surface area contributed by atoms with Gasteiger partial charge < -0.3 is 5.32 Å². The van der Waals surface area contributed by atoms with Crippen molar-refractivity contribution in [2.45, 2.75) is 43.3 Å². The van der Waals surface area contributed by atoms with Gasteiger partial charge in [-0.05, 0) is 49.6 Å². The third kappa shape index (κ3) is 3.63. The molecular weight excluding hydrogens is 412 g/mol. The smallest absolute Gasteiger partial charge is 0.256 e. The van der Waals surface area contributed by atoms with Gasteiger partial charge >= 0.3 is 0 Å². The van der Waals surface area contributed by atoms with Gasteiger partial charge in [-0.2, -0.15) is 9.78 Å². The first-order valence-electron chi connectivity index (χ1n) is 10.1. The van der Waals surface area contributed by atoms with E-state index >= 15 is 0 Å². The fourth-order valence-corrected chi connectivity index (χ4v) is 5.59. The fraction of sp³-hybridized carbons (Fsp3) is 0.261. The number of para-hydroxylation sites is 1. The molecule has 5 rings (SSSR count). The lowest BCUT2D eigenvalue weighted by molar-refractivity contribution is 0.102. The molecule has 0 unspecified atom stereocenters. The van der Waals surface area contributed by atoms with E-state index in [0.29, 0.717) is 10.8 Å². The summed E-state index contributed by atoms with van der Waals surface area (Å²) in [7, 11) is 0. The van der Waals surface area contributed by atoms with Crippen molar-refractivity contribution in [2.75, 3.05) is 5.32 Å². The molecule has 0 radical (unpaired) electrons. The fourth-order valence-electron chi connectivity index (χ4n) is 3.77. The number of carbonyl (C=O) groups excluding carboxylic acids is 1. The number of nitrogens with one attached hydrogen (secondary N) is 1. The molecule has 0 atom stereocenters. The summed E-state index contributed by atoms with van der Waals surface area (Å²) in [5.41, 5.74) is 3.80. The maximum atomic E-state index is 13.1. The van der Waals surface area contributed by atoms with Crippen LogP contribution in [-0.2, 0) is 12.8 Å². The SMILES string of the molecule is CC(C)Sc1cccc(C(=O)Nc2c3c(nn2-c2nc4ccccc4s2)CCC3)c1. The van der Waals surface area contributed by atoms with Gasteiger partial charge in [0.05, 0.1) is 15.9 Å². The molecule has 0 saturated carbocycles. The molecule has 2 aromatic carbocycles. The van der Waals surface area contributed by atoms with Gasteiger partial charge in [-0.25, -0.2) is 4.98 Å². The summed E-state index contributed by atoms with van der Waals surface area (Å²) in [4.78, 5) is 19.0. The Balaban J connectivity index is 1.51. The quantitative estimate of drug-likeness (QED) is 0.408. The maximum absolute atomic E-state index is 13.1. The van der Waals surface area contributed by atoms with E-state index in [1.165, 1.54) is 0 Å². The molecule has 152 valence electrons. The summed E-state index contributed by atoms with van der Waals surface area (Å²) in [6, 6.07) is 15.9. The van der Waals surface area contributed by atoms with E-state index in [1.807, 2.05) is 47.1 Å². The molecule has 5 nitrogen and oxygen atoms in total. The van der Waals surface area contributed by atoms with Crippen molar-refractivity contribution in [1.82, 2.24) is 14.8 Å². The van der Waals surface area contributed by atoms with Crippen LogP contribution >= 0.6 is 23.1 Å². The standard InChI is InChI=1S/C23H22N4OS2/c1-14(2)29-16-8-5-7-15(13-16)22(28)25-21-17-9-6-11-18(17)26-27(21)23-24-19-10-3-4-12-20(19)30-23/h3-5,7-8,10,12-14H,6,9,11H2,1-2H3,(H,25,28). The maximum Gasteiger partial charge on any atom is 0.256 e. The molecule has 30 heavy (non-hydrogen) atoms. The van der Waals surface area contributed by atoms with E-state index < -0.39 is 0 Å². The number of hydrogen-bond donors (Lipinski definition) is 1. The second-order valence-corrected chi connectivity index (χ2v) is 10.3. The highest BCUT2D eigenvalue weighted by molar-refractivity contribution is 7.99. The van der Waals surface area contributed by atoms with Crippen molar-refractivity contribution in [3.63, 3.8) is 0 Å². The van der Waals surface area contributed by atoms with Crippen LogP contribution in [0.5, 0.6) is 0 Å². The summed E-state index contributed by atoms with van der Waals surface area (Å²) in [6.07, 6.45) is 2.94. The molecule has 1 aliphatic rings. The predicted octanol–water partition coefficient (Wildman–Crippen LogP) is 5.72. The van der Waals surface area contributed by atoms with Crippen LogP contribution in [-0.4, -0.2) is 25.9 Å². The van der Waals surface area contributed by atoms with Crippen LogP contribution in [0.3, 0.4) is 0 Å². The van der Waals surface area contributed by atoms with Crippen molar-refractivity contribution >= 4 is 45.0 Å². The Hall–Kier alpha value is -2.64. The molecule has 2 heterocycles. The van der Waals surface area contributed by atoms with Crippen LogP contribution in [0.4, 0.5) is 5.82 Å². The number of thioether (sulfide) groups is 1. The van der Waals surface area contributed by atoms with Gasteiger partial charge in [0, 0.05) is 21.3 Å². The number of aromatic nitrogens is 3. The van der Waals surface area contributed by atoms with E-state index in [2.05, 4.69) is 25.2 Å². The zero-order valence-corrected chi connectivity index (χ0v) is 18.5. The molecule has 0 spiro atoms. The van der Waals surface area contributed by atoms with Gasteiger partial charge in [-0.1, -0.05) is 43.4 Å². The second-order valence-electron chi connectivity index (χ2n) is 7.65. The Bertz CT molecular complexity index is 1210. The molecule has 1 N–H and O–H groups in total. The largest absolute Gasteiger partial charge is 0.306 e. The highest BCUT2D eigenvalue weighted by atomic mass is 32.2. The topological polar surface area (TPSA) is 59.8 Å². The lowest BCUT2D eigenvalue weighted by Crippen LogP contribution is -2.16. The number of nitrogens with zero attached hydrogens (tertiary/aromatic N) is 3. The van der Waals surface area contributed by atoms with Crippen LogP contribution in [0.1, 0.15) is 41.9 Å². The van der Waals surface area contributed by atoms with Gasteiger partial charge in [-0.15, -0.1) is 11.8 Å². The molecule has 0 bridgehead atoms. The first kappa shape index (κ1) is 19.3. The summed E-state index contributed by atoms with van der Waals surface area (Å²) in [5, 5.41) is 9.20. The van der Waals surface area contributed by atoms with Gasteiger partial charge in [-0.3, -0.25) is 4.79 Å². The van der Waals surface area contributed by atoms with Crippen molar-refractivity contribution < 1.29 is 4.79 Å². The first-order valence-corrected chi connectivity index (χ1v) is 11.8. The molecule has 2 aromatic heterocycles. The number of anilines is 1. The Kier molecular flexibility index (Phi) is 5.08. The normalized spacial score (nSPS) is 13.2. The summed E-state index contributed by atoms with van der Waals surface area (Å²) >= 11 is 3.34. The number of carbonyl (C=O) groups is 1. The lowest BCUT2D eigenvalue weighted by Gasteiger charge is -2.10. The number of fused-ring (bicyclic) bond motifs is 2. The Labute approximate surface area is 183 Å². The van der Waals surface area contributed by atoms with Crippen molar-refractivity contribution in [3.8, 4) is 5.13 Å². The highest BCUT2D eigenvalue weighted by Gasteiger charge is 2.26.